The molecule has 0 aliphatic carbocycles. The summed E-state index contributed by atoms with van der Waals surface area (Å²) in [5.74, 6) is -0.149. The van der Waals surface area contributed by atoms with E-state index in [1.54, 1.807) is 12.3 Å². The van der Waals surface area contributed by atoms with Gasteiger partial charge in [-0.25, -0.2) is 0 Å². The van der Waals surface area contributed by atoms with Crippen molar-refractivity contribution in [1.29, 1.82) is 0 Å². The lowest BCUT2D eigenvalue weighted by Crippen LogP contribution is -2.52. The first kappa shape index (κ1) is 22.7. The molecule has 11 heteroatoms. The van der Waals surface area contributed by atoms with Gasteiger partial charge in [0.25, 0.3) is 5.91 Å². The Kier molecular flexibility index (Phi) is 5.14. The van der Waals surface area contributed by atoms with Crippen LogP contribution in [0.4, 0.5) is 0 Å². The highest BCUT2D eigenvalue weighted by Crippen LogP contribution is 2.39. The number of aromatic nitrogens is 2. The van der Waals surface area contributed by atoms with E-state index >= 15 is 0 Å². The quantitative estimate of drug-likeness (QED) is 0.452. The van der Waals surface area contributed by atoms with Crippen LogP contribution >= 0.6 is 0 Å². The van der Waals surface area contributed by atoms with E-state index in [2.05, 4.69) is 10.4 Å². The van der Waals surface area contributed by atoms with Crippen LogP contribution in [0.3, 0.4) is 0 Å². The van der Waals surface area contributed by atoms with Crippen LogP contribution in [-0.4, -0.2) is 68.6 Å². The molecule has 8 nitrogen and oxygen atoms in total. The molecule has 0 saturated carbocycles. The molecule has 1 atom stereocenters. The van der Waals surface area contributed by atoms with E-state index in [1.807, 2.05) is 30.3 Å². The summed E-state index contributed by atoms with van der Waals surface area (Å²) in [5, 5.41) is 4.98. The second-order valence-electron chi connectivity index (χ2n) is 9.40. The average Bonchev–Trinajstić information content (AvgIpc) is 3.55. The number of piperidine rings is 1. The number of imide groups is 1. The van der Waals surface area contributed by atoms with Crippen molar-refractivity contribution in [3.05, 3.63) is 59.3 Å². The van der Waals surface area contributed by atoms with Crippen LogP contribution in [0.15, 0.2) is 42.6 Å². The molecule has 1 fully saturated rings. The summed E-state index contributed by atoms with van der Waals surface area (Å²) in [5.41, 5.74) is 5.40. The maximum Gasteiger partial charge on any atom is 0.255 e. The molecule has 3 aromatic rings. The van der Waals surface area contributed by atoms with Crippen molar-refractivity contribution in [2.45, 2.75) is 37.1 Å². The Morgan fingerprint density at radius 3 is 2.53 bits per heavy atom. The molecule has 2 aromatic carbocycles. The molecule has 0 bridgehead atoms. The van der Waals surface area contributed by atoms with E-state index < -0.39 is 17.2 Å². The van der Waals surface area contributed by atoms with Gasteiger partial charge in [0, 0.05) is 36.1 Å². The minimum absolute atomic E-state index is 0.204. The van der Waals surface area contributed by atoms with Gasteiger partial charge in [-0.2, -0.15) is 5.10 Å². The summed E-state index contributed by atoms with van der Waals surface area (Å²) in [7, 11) is 18.1. The number of ether oxygens (including phenoxy) is 1. The highest BCUT2D eigenvalue weighted by atomic mass is 16.5. The number of nitrogens with zero attached hydrogens (tertiary/aromatic N) is 3. The van der Waals surface area contributed by atoms with Crippen molar-refractivity contribution in [2.24, 2.45) is 0 Å². The molecule has 6 radical (unpaired) electrons. The van der Waals surface area contributed by atoms with Gasteiger partial charge in [-0.15, -0.1) is 0 Å². The van der Waals surface area contributed by atoms with Crippen LogP contribution in [-0.2, 0) is 27.8 Å². The fraction of sp³-hybridized carbons (Fsp3) is 0.280. The highest BCUT2D eigenvalue weighted by molar-refractivity contribution is 6.56. The van der Waals surface area contributed by atoms with E-state index in [1.165, 1.54) is 9.58 Å². The van der Waals surface area contributed by atoms with Crippen LogP contribution in [0.5, 0.6) is 5.75 Å². The largest absolute Gasteiger partial charge is 0.493 e. The predicted molar refractivity (Wildman–Crippen MR) is 134 cm³/mol. The molecule has 3 aliphatic heterocycles. The van der Waals surface area contributed by atoms with E-state index in [9.17, 15) is 14.4 Å². The van der Waals surface area contributed by atoms with Gasteiger partial charge in [0.15, 0.2) is 0 Å². The number of carbonyl (C=O) groups is 3. The molecule has 3 aliphatic rings. The third-order valence-electron chi connectivity index (χ3n) is 6.93. The van der Waals surface area contributed by atoms with Crippen molar-refractivity contribution < 1.29 is 19.1 Å². The van der Waals surface area contributed by atoms with Gasteiger partial charge in [0.2, 0.25) is 11.8 Å². The first-order valence-electron chi connectivity index (χ1n) is 11.7. The van der Waals surface area contributed by atoms with Crippen molar-refractivity contribution >= 4 is 41.3 Å². The smallest absolute Gasteiger partial charge is 0.255 e. The molecular formula is C25H19B3N4O4. The Bertz CT molecular complexity index is 1450. The Labute approximate surface area is 211 Å². The molecule has 1 aromatic heterocycles. The van der Waals surface area contributed by atoms with Crippen molar-refractivity contribution in [2.75, 3.05) is 6.61 Å². The Morgan fingerprint density at radius 1 is 0.972 bits per heavy atom. The number of carbonyl (C=O) groups excluding carboxylic acids is 3. The highest BCUT2D eigenvalue weighted by Gasteiger charge is 2.39. The normalized spacial score (nSPS) is 19.2. The molecule has 1 saturated heterocycles. The Balaban J connectivity index is 1.40. The van der Waals surface area contributed by atoms with Gasteiger partial charge in [-0.1, -0.05) is 6.07 Å². The molecule has 0 spiro atoms. The number of benzene rings is 2. The number of hydrogen-bond donors (Lipinski definition) is 1. The molecule has 1 N–H and O–H groups in total. The zero-order valence-electron chi connectivity index (χ0n) is 19.4. The minimum Gasteiger partial charge on any atom is -0.493 e. The van der Waals surface area contributed by atoms with Gasteiger partial charge in [0.1, 0.15) is 11.8 Å². The number of rotatable bonds is 4. The van der Waals surface area contributed by atoms with E-state index in [0.29, 0.717) is 24.3 Å². The lowest BCUT2D eigenvalue weighted by atomic mass is 9.49. The third-order valence-corrected chi connectivity index (χ3v) is 6.93. The van der Waals surface area contributed by atoms with E-state index in [4.69, 9.17) is 28.3 Å². The molecular weight excluding hydrogens is 453 g/mol. The standard InChI is InChI=1S/C25H19B3N4O4/c26-25(27,28)32-22(15-2-5-20-14(10-15)7-8-36-20)18(11-29-32)13-1-3-17-16(9-13)12-31(24(17)35)19-4-6-21(33)30-23(19)34/h1-3,5,9-11,19H,4,6-8,12H2,(H,30,33,34). The van der Waals surface area contributed by atoms with Crippen molar-refractivity contribution in [1.82, 2.24) is 20.0 Å². The number of nitrogens with one attached hydrogen (secondary N) is 1. The molecule has 36 heavy (non-hydrogen) atoms. The van der Waals surface area contributed by atoms with Crippen LogP contribution in [0.2, 0.25) is 0 Å². The average molecular weight is 472 g/mol. The summed E-state index contributed by atoms with van der Waals surface area (Å²) in [6.45, 7) is 0.893. The molecule has 1 unspecified atom stereocenters. The van der Waals surface area contributed by atoms with Gasteiger partial charge in [-0.3, -0.25) is 24.4 Å². The maximum absolute atomic E-state index is 13.1. The summed E-state index contributed by atoms with van der Waals surface area (Å²) >= 11 is 0. The Morgan fingerprint density at radius 2 is 1.75 bits per heavy atom. The lowest BCUT2D eigenvalue weighted by Gasteiger charge is -2.29. The summed E-state index contributed by atoms with van der Waals surface area (Å²) < 4.78 is 7.02. The third kappa shape index (κ3) is 3.65. The number of hydrogen-bond acceptors (Lipinski definition) is 5. The first-order valence-corrected chi connectivity index (χ1v) is 11.7. The van der Waals surface area contributed by atoms with Crippen molar-refractivity contribution in [3.8, 4) is 28.1 Å². The van der Waals surface area contributed by atoms with Gasteiger partial charge < -0.3 is 9.64 Å². The lowest BCUT2D eigenvalue weighted by molar-refractivity contribution is -0.136. The summed E-state index contributed by atoms with van der Waals surface area (Å²) in [6, 6.07) is 10.6. The van der Waals surface area contributed by atoms with Gasteiger partial charge in [0.05, 0.1) is 42.0 Å². The van der Waals surface area contributed by atoms with Crippen LogP contribution in [0.25, 0.3) is 22.4 Å². The van der Waals surface area contributed by atoms with Crippen LogP contribution in [0.1, 0.15) is 34.3 Å². The van der Waals surface area contributed by atoms with Crippen molar-refractivity contribution in [3.63, 3.8) is 0 Å². The number of fused-ring (bicyclic) bond motifs is 2. The summed E-state index contributed by atoms with van der Waals surface area (Å²) in [6.07, 6.45) is 2.95. The molecule has 6 rings (SSSR count). The number of amides is 3. The fourth-order valence-electron chi connectivity index (χ4n) is 5.21. The van der Waals surface area contributed by atoms with E-state index in [-0.39, 0.29) is 24.8 Å². The fourth-order valence-corrected chi connectivity index (χ4v) is 5.21. The molecule has 4 heterocycles. The van der Waals surface area contributed by atoms with Crippen LogP contribution in [0, 0.1) is 0 Å². The second-order valence-corrected chi connectivity index (χ2v) is 9.40. The maximum atomic E-state index is 13.1. The zero-order valence-corrected chi connectivity index (χ0v) is 19.4. The van der Waals surface area contributed by atoms with Crippen LogP contribution < -0.4 is 10.1 Å². The first-order chi connectivity index (χ1) is 17.2. The topological polar surface area (TPSA) is 93.5 Å². The van der Waals surface area contributed by atoms with Gasteiger partial charge >= 0.3 is 0 Å². The van der Waals surface area contributed by atoms with E-state index in [0.717, 1.165) is 40.0 Å². The monoisotopic (exact) mass is 472 g/mol. The minimum atomic E-state index is -1.74. The molecule has 3 amide bonds. The molecule has 172 valence electrons. The predicted octanol–water partition coefficient (Wildman–Crippen LogP) is 0.986. The zero-order chi connectivity index (χ0) is 25.2. The Hall–Kier alpha value is -3.75. The summed E-state index contributed by atoms with van der Waals surface area (Å²) in [4.78, 5) is 38.5. The second kappa shape index (κ2) is 8.15. The SMILES string of the molecule is [B]C([B])([B])n1ncc(-c2ccc3c(c2)CN(C2CCC(=O)NC2=O)C3=O)c1-c1ccc2c(c1)CCO2. The van der Waals surface area contributed by atoms with Gasteiger partial charge in [-0.05, 0) is 58.7 Å².